The Labute approximate surface area is 176 Å². The molecule has 1 aliphatic heterocycles. The molecule has 0 N–H and O–H groups in total. The van der Waals surface area contributed by atoms with Crippen molar-refractivity contribution >= 4 is 15.9 Å². The van der Waals surface area contributed by atoms with Crippen LogP contribution in [0.1, 0.15) is 49.8 Å². The summed E-state index contributed by atoms with van der Waals surface area (Å²) in [4.78, 5) is 0. The number of fused-ring (bicyclic) bond motifs is 2. The molecule has 4 nitrogen and oxygen atoms in total. The van der Waals surface area contributed by atoms with E-state index in [2.05, 4.69) is 22.0 Å². The second kappa shape index (κ2) is 8.65. The molecule has 0 spiro atoms. The topological polar surface area (TPSA) is 56.1 Å². The highest BCUT2D eigenvalue weighted by Crippen LogP contribution is 2.45. The number of rotatable bonds is 7. The zero-order valence-corrected chi connectivity index (χ0v) is 18.2. The minimum Gasteiger partial charge on any atom is -0.633 e. The van der Waals surface area contributed by atoms with Gasteiger partial charge in [0.15, 0.2) is 0 Å². The molecule has 0 aromatic heterocycles. The van der Waals surface area contributed by atoms with E-state index in [0.717, 1.165) is 33.3 Å². The van der Waals surface area contributed by atoms with E-state index in [1.807, 2.05) is 56.3 Å². The number of nitriles is 1. The zero-order valence-electron chi connectivity index (χ0n) is 16.6. The first kappa shape index (κ1) is 20.9. The predicted octanol–water partition coefficient (Wildman–Crippen LogP) is 5.68. The van der Waals surface area contributed by atoms with E-state index in [4.69, 9.17) is 4.74 Å². The molecule has 0 saturated heterocycles. The predicted molar refractivity (Wildman–Crippen MR) is 115 cm³/mol. The van der Waals surface area contributed by atoms with Crippen LogP contribution in [-0.4, -0.2) is 24.3 Å². The van der Waals surface area contributed by atoms with E-state index in [1.165, 1.54) is 0 Å². The fraction of sp³-hybridized carbons (Fsp3) is 0.435. The summed E-state index contributed by atoms with van der Waals surface area (Å²) in [6.45, 7) is 6.15. The lowest BCUT2D eigenvalue weighted by atomic mass is 9.71. The molecule has 1 aliphatic rings. The van der Waals surface area contributed by atoms with Gasteiger partial charge in [-0.1, -0.05) is 47.1 Å². The standard InChI is InChI=1S/C23H27BrN2O2/c1-3-13-26(27,4-2)14-7-12-23(17-25)20-8-5-6-9-22(20)28-16-18-10-11-19(24)15-21(18)23/h5-6,8-11,15H,3-4,7,12-14,16H2,1-2H3. The molecule has 0 amide bonds. The normalized spacial score (nSPS) is 20.1. The molecule has 148 valence electrons. The third kappa shape index (κ3) is 3.96. The van der Waals surface area contributed by atoms with Crippen LogP contribution in [0.25, 0.3) is 0 Å². The third-order valence-corrected chi connectivity index (χ3v) is 6.27. The molecular weight excluding hydrogens is 416 g/mol. The SMILES string of the molecule is CCC[N+]([O-])(CC)CCCC1(C#N)c2cc(Br)ccc2COc2ccccc21. The lowest BCUT2D eigenvalue weighted by molar-refractivity contribution is -0.879. The second-order valence-electron chi connectivity index (χ2n) is 7.53. The Morgan fingerprint density at radius 2 is 1.96 bits per heavy atom. The van der Waals surface area contributed by atoms with Crippen molar-refractivity contribution < 1.29 is 9.38 Å². The molecule has 0 bridgehead atoms. The maximum Gasteiger partial charge on any atom is 0.124 e. The van der Waals surface area contributed by atoms with Gasteiger partial charge in [-0.2, -0.15) is 5.26 Å². The van der Waals surface area contributed by atoms with Gasteiger partial charge in [-0.05, 0) is 55.5 Å². The summed E-state index contributed by atoms with van der Waals surface area (Å²) < 4.78 is 6.80. The van der Waals surface area contributed by atoms with E-state index >= 15 is 0 Å². The summed E-state index contributed by atoms with van der Waals surface area (Å²) in [5, 5.41) is 23.4. The highest BCUT2D eigenvalue weighted by molar-refractivity contribution is 9.10. The summed E-state index contributed by atoms with van der Waals surface area (Å²) in [5.41, 5.74) is 2.07. The number of nitrogens with zero attached hydrogens (tertiary/aromatic N) is 2. The minimum atomic E-state index is -0.822. The van der Waals surface area contributed by atoms with Crippen LogP contribution in [0.3, 0.4) is 0 Å². The van der Waals surface area contributed by atoms with Crippen molar-refractivity contribution in [1.29, 1.82) is 5.26 Å². The Morgan fingerprint density at radius 1 is 1.18 bits per heavy atom. The average Bonchev–Trinajstić information content (AvgIpc) is 2.84. The van der Waals surface area contributed by atoms with Crippen LogP contribution < -0.4 is 4.74 Å². The van der Waals surface area contributed by atoms with Gasteiger partial charge in [-0.3, -0.25) is 0 Å². The first-order valence-corrected chi connectivity index (χ1v) is 10.8. The molecule has 2 unspecified atom stereocenters. The molecule has 5 heteroatoms. The fourth-order valence-electron chi connectivity index (χ4n) is 4.23. The van der Waals surface area contributed by atoms with Crippen molar-refractivity contribution in [1.82, 2.24) is 0 Å². The first-order chi connectivity index (χ1) is 13.5. The maximum atomic E-state index is 12.9. The van der Waals surface area contributed by atoms with Gasteiger partial charge in [0.25, 0.3) is 0 Å². The van der Waals surface area contributed by atoms with E-state index < -0.39 is 5.41 Å². The molecule has 0 aliphatic carbocycles. The Morgan fingerprint density at radius 3 is 2.68 bits per heavy atom. The van der Waals surface area contributed by atoms with E-state index in [1.54, 1.807) is 0 Å². The van der Waals surface area contributed by atoms with Gasteiger partial charge in [0.2, 0.25) is 0 Å². The monoisotopic (exact) mass is 442 g/mol. The lowest BCUT2D eigenvalue weighted by Gasteiger charge is -2.42. The summed E-state index contributed by atoms with van der Waals surface area (Å²) in [7, 11) is 0. The number of halogens is 1. The Kier molecular flexibility index (Phi) is 6.44. The molecule has 3 rings (SSSR count). The van der Waals surface area contributed by atoms with Crippen LogP contribution in [0, 0.1) is 16.5 Å². The smallest absolute Gasteiger partial charge is 0.124 e. The van der Waals surface area contributed by atoms with Crippen molar-refractivity contribution in [3.63, 3.8) is 0 Å². The largest absolute Gasteiger partial charge is 0.633 e. The third-order valence-electron chi connectivity index (χ3n) is 5.78. The maximum absolute atomic E-state index is 12.9. The number of quaternary nitrogens is 1. The summed E-state index contributed by atoms with van der Waals surface area (Å²) in [6, 6.07) is 16.5. The van der Waals surface area contributed by atoms with Gasteiger partial charge >= 0.3 is 0 Å². The van der Waals surface area contributed by atoms with Crippen molar-refractivity contribution in [2.75, 3.05) is 19.6 Å². The minimum absolute atomic E-state index is 0.193. The van der Waals surface area contributed by atoms with Crippen molar-refractivity contribution in [2.45, 2.75) is 45.1 Å². The van der Waals surface area contributed by atoms with E-state index in [-0.39, 0.29) is 4.65 Å². The summed E-state index contributed by atoms with van der Waals surface area (Å²) in [5.74, 6) is 0.753. The molecule has 0 radical (unpaired) electrons. The van der Waals surface area contributed by atoms with Gasteiger partial charge in [-0.15, -0.1) is 0 Å². The van der Waals surface area contributed by atoms with Crippen LogP contribution in [0.5, 0.6) is 5.75 Å². The molecule has 1 heterocycles. The molecule has 0 fully saturated rings. The van der Waals surface area contributed by atoms with E-state index in [0.29, 0.717) is 39.1 Å². The van der Waals surface area contributed by atoms with Gasteiger partial charge in [0, 0.05) is 10.0 Å². The van der Waals surface area contributed by atoms with Crippen LogP contribution in [0.4, 0.5) is 0 Å². The van der Waals surface area contributed by atoms with Crippen LogP contribution in [0.15, 0.2) is 46.9 Å². The second-order valence-corrected chi connectivity index (χ2v) is 8.44. The highest BCUT2D eigenvalue weighted by atomic mass is 79.9. The van der Waals surface area contributed by atoms with Crippen LogP contribution >= 0.6 is 15.9 Å². The van der Waals surface area contributed by atoms with Gasteiger partial charge in [0.1, 0.15) is 17.8 Å². The highest BCUT2D eigenvalue weighted by Gasteiger charge is 2.40. The van der Waals surface area contributed by atoms with Gasteiger partial charge < -0.3 is 14.6 Å². The number of ether oxygens (including phenoxy) is 1. The Bertz CT molecular complexity index is 879. The number of hydroxylamine groups is 3. The Hall–Kier alpha value is -1.87. The molecular formula is C23H27BrN2O2. The molecule has 0 saturated carbocycles. The quantitative estimate of drug-likeness (QED) is 0.409. The number of para-hydroxylation sites is 1. The molecule has 2 atom stereocenters. The molecule has 28 heavy (non-hydrogen) atoms. The van der Waals surface area contributed by atoms with Crippen LogP contribution in [-0.2, 0) is 12.0 Å². The summed E-state index contributed by atoms with van der Waals surface area (Å²) >= 11 is 3.57. The summed E-state index contributed by atoms with van der Waals surface area (Å²) in [6.07, 6.45) is 2.15. The number of hydrogen-bond acceptors (Lipinski definition) is 3. The van der Waals surface area contributed by atoms with Gasteiger partial charge in [0.05, 0.1) is 25.7 Å². The van der Waals surface area contributed by atoms with E-state index in [9.17, 15) is 10.5 Å². The van der Waals surface area contributed by atoms with Crippen molar-refractivity contribution in [2.24, 2.45) is 0 Å². The number of hydrogen-bond donors (Lipinski definition) is 0. The average molecular weight is 443 g/mol. The molecule has 2 aromatic rings. The molecule has 2 aromatic carbocycles. The van der Waals surface area contributed by atoms with Crippen molar-refractivity contribution in [3.8, 4) is 11.8 Å². The number of benzene rings is 2. The van der Waals surface area contributed by atoms with Gasteiger partial charge in [-0.25, -0.2) is 0 Å². The zero-order chi connectivity index (χ0) is 20.2. The first-order valence-electron chi connectivity index (χ1n) is 9.97. The van der Waals surface area contributed by atoms with Crippen molar-refractivity contribution in [3.05, 3.63) is 68.8 Å². The Balaban J connectivity index is 2.03. The fourth-order valence-corrected chi connectivity index (χ4v) is 4.59. The van der Waals surface area contributed by atoms with Crippen LogP contribution in [0.2, 0.25) is 0 Å². The lowest BCUT2D eigenvalue weighted by Crippen LogP contribution is -2.43.